The lowest BCUT2D eigenvalue weighted by Gasteiger charge is -2.33. The van der Waals surface area contributed by atoms with Crippen LogP contribution in [-0.4, -0.2) is 74.0 Å². The van der Waals surface area contributed by atoms with Crippen LogP contribution in [0.3, 0.4) is 0 Å². The molecule has 26 heavy (non-hydrogen) atoms. The van der Waals surface area contributed by atoms with Crippen molar-refractivity contribution in [2.45, 2.75) is 45.6 Å². The molecule has 2 heterocycles. The number of methoxy groups -OCH3 is 1. The Morgan fingerprint density at radius 1 is 1.23 bits per heavy atom. The van der Waals surface area contributed by atoms with Crippen LogP contribution < -0.4 is 5.32 Å². The van der Waals surface area contributed by atoms with Crippen LogP contribution in [0.25, 0.3) is 0 Å². The fourth-order valence-electron chi connectivity index (χ4n) is 3.82. The van der Waals surface area contributed by atoms with Crippen LogP contribution in [0.4, 0.5) is 0 Å². The lowest BCUT2D eigenvalue weighted by atomic mass is 9.99. The molecule has 0 aromatic carbocycles. The number of carbonyl (C=O) groups excluding carboxylic acids is 2. The molecule has 1 N–H and O–H groups in total. The first-order valence-electron chi connectivity index (χ1n) is 9.30. The molecule has 8 heteroatoms. The second kappa shape index (κ2) is 10.9. The predicted octanol–water partition coefficient (Wildman–Crippen LogP) is 1.71. The van der Waals surface area contributed by atoms with E-state index < -0.39 is 0 Å². The normalized spacial score (nSPS) is 26.3. The van der Waals surface area contributed by atoms with Gasteiger partial charge in [-0.3, -0.25) is 14.6 Å². The highest BCUT2D eigenvalue weighted by Gasteiger charge is 2.36. The van der Waals surface area contributed by atoms with E-state index in [1.54, 1.807) is 7.05 Å². The third kappa shape index (κ3) is 5.72. The summed E-state index contributed by atoms with van der Waals surface area (Å²) in [5.41, 5.74) is 0. The molecule has 7 nitrogen and oxygen atoms in total. The van der Waals surface area contributed by atoms with Crippen molar-refractivity contribution >= 4 is 41.8 Å². The van der Waals surface area contributed by atoms with E-state index in [0.29, 0.717) is 25.6 Å². The van der Waals surface area contributed by atoms with Crippen LogP contribution in [0.2, 0.25) is 0 Å². The summed E-state index contributed by atoms with van der Waals surface area (Å²) < 4.78 is 4.88. The van der Waals surface area contributed by atoms with Crippen LogP contribution in [0.1, 0.15) is 39.5 Å². The molecule has 0 aromatic rings. The Morgan fingerprint density at radius 2 is 1.96 bits per heavy atom. The van der Waals surface area contributed by atoms with Crippen molar-refractivity contribution in [1.29, 1.82) is 0 Å². The Kier molecular flexibility index (Phi) is 9.67. The van der Waals surface area contributed by atoms with Gasteiger partial charge in [0.1, 0.15) is 0 Å². The van der Waals surface area contributed by atoms with E-state index >= 15 is 0 Å². The van der Waals surface area contributed by atoms with Crippen molar-refractivity contribution in [2.75, 3.05) is 40.3 Å². The SMILES string of the molecule is CN=C(NCCC(=O)N1CCCCC1C)N1CC(C)C(C(=O)OC)C1.I. The maximum absolute atomic E-state index is 12.4. The summed E-state index contributed by atoms with van der Waals surface area (Å²) in [6, 6.07) is 0.348. The van der Waals surface area contributed by atoms with E-state index in [2.05, 4.69) is 29.1 Å². The zero-order chi connectivity index (χ0) is 18.4. The third-order valence-corrected chi connectivity index (χ3v) is 5.37. The van der Waals surface area contributed by atoms with Crippen molar-refractivity contribution in [1.82, 2.24) is 15.1 Å². The van der Waals surface area contributed by atoms with Gasteiger partial charge in [-0.25, -0.2) is 0 Å². The highest BCUT2D eigenvalue weighted by molar-refractivity contribution is 14.0. The maximum Gasteiger partial charge on any atom is 0.310 e. The third-order valence-electron chi connectivity index (χ3n) is 5.37. The number of piperidine rings is 1. The topological polar surface area (TPSA) is 74.2 Å². The lowest BCUT2D eigenvalue weighted by molar-refractivity contribution is -0.146. The second-order valence-corrected chi connectivity index (χ2v) is 7.17. The second-order valence-electron chi connectivity index (χ2n) is 7.17. The molecule has 0 bridgehead atoms. The standard InChI is InChI=1S/C18H32N4O3.HI/c1-13-11-21(12-15(13)17(24)25-4)18(19-3)20-9-8-16(23)22-10-6-5-7-14(22)2;/h13-15H,5-12H2,1-4H3,(H,19,20);1H. The van der Waals surface area contributed by atoms with Gasteiger partial charge in [-0.2, -0.15) is 0 Å². The van der Waals surface area contributed by atoms with Crippen molar-refractivity contribution < 1.29 is 14.3 Å². The molecule has 0 saturated carbocycles. The summed E-state index contributed by atoms with van der Waals surface area (Å²) >= 11 is 0. The zero-order valence-electron chi connectivity index (χ0n) is 16.4. The number of nitrogens with one attached hydrogen (secondary N) is 1. The number of esters is 1. The average Bonchev–Trinajstić information content (AvgIpc) is 2.99. The van der Waals surface area contributed by atoms with E-state index in [9.17, 15) is 9.59 Å². The number of guanidine groups is 1. The summed E-state index contributed by atoms with van der Waals surface area (Å²) in [4.78, 5) is 32.6. The highest BCUT2D eigenvalue weighted by atomic mass is 127. The van der Waals surface area contributed by atoms with E-state index in [1.165, 1.54) is 13.5 Å². The Morgan fingerprint density at radius 3 is 2.58 bits per heavy atom. The van der Waals surface area contributed by atoms with E-state index in [1.807, 2.05) is 4.90 Å². The molecule has 1 amide bonds. The average molecular weight is 480 g/mol. The number of ether oxygens (including phenoxy) is 1. The molecule has 2 rings (SSSR count). The number of amides is 1. The molecule has 2 saturated heterocycles. The van der Waals surface area contributed by atoms with Gasteiger partial charge in [-0.1, -0.05) is 6.92 Å². The molecule has 2 aliphatic heterocycles. The number of hydrogen-bond acceptors (Lipinski definition) is 4. The fourth-order valence-corrected chi connectivity index (χ4v) is 3.82. The van der Waals surface area contributed by atoms with Crippen LogP contribution >= 0.6 is 24.0 Å². The number of hydrogen-bond donors (Lipinski definition) is 1. The number of halogens is 1. The van der Waals surface area contributed by atoms with E-state index in [4.69, 9.17) is 4.74 Å². The van der Waals surface area contributed by atoms with Crippen molar-refractivity contribution in [3.8, 4) is 0 Å². The Bertz CT molecular complexity index is 515. The fraction of sp³-hybridized carbons (Fsp3) is 0.833. The lowest BCUT2D eigenvalue weighted by Crippen LogP contribution is -2.45. The van der Waals surface area contributed by atoms with Gasteiger partial charge < -0.3 is 19.9 Å². The minimum atomic E-state index is -0.167. The van der Waals surface area contributed by atoms with Gasteiger partial charge in [-0.15, -0.1) is 24.0 Å². The molecule has 2 aliphatic rings. The monoisotopic (exact) mass is 480 g/mol. The van der Waals surface area contributed by atoms with Gasteiger partial charge in [-0.05, 0) is 32.1 Å². The van der Waals surface area contributed by atoms with Gasteiger partial charge in [0.15, 0.2) is 5.96 Å². The number of nitrogens with zero attached hydrogens (tertiary/aromatic N) is 3. The molecule has 0 radical (unpaired) electrons. The predicted molar refractivity (Wildman–Crippen MR) is 113 cm³/mol. The van der Waals surface area contributed by atoms with E-state index in [0.717, 1.165) is 31.9 Å². The number of carbonyl (C=O) groups is 2. The number of rotatable bonds is 4. The molecular formula is C18H33IN4O3. The smallest absolute Gasteiger partial charge is 0.310 e. The molecule has 3 atom stereocenters. The summed E-state index contributed by atoms with van der Waals surface area (Å²) in [5, 5.41) is 3.27. The molecular weight excluding hydrogens is 447 g/mol. The largest absolute Gasteiger partial charge is 0.469 e. The van der Waals surface area contributed by atoms with Crippen LogP contribution in [0.15, 0.2) is 4.99 Å². The Labute approximate surface area is 173 Å². The minimum Gasteiger partial charge on any atom is -0.469 e. The Balaban J connectivity index is 0.00000338. The number of likely N-dealkylation sites (tertiary alicyclic amines) is 2. The van der Waals surface area contributed by atoms with Crippen molar-refractivity contribution in [3.63, 3.8) is 0 Å². The molecule has 0 aromatic heterocycles. The first kappa shape index (κ1) is 23.0. The minimum absolute atomic E-state index is 0. The van der Waals surface area contributed by atoms with Gasteiger partial charge in [0.2, 0.25) is 5.91 Å². The quantitative estimate of drug-likeness (QED) is 0.287. The molecule has 2 fully saturated rings. The summed E-state index contributed by atoms with van der Waals surface area (Å²) in [6.45, 7) is 6.97. The molecule has 3 unspecified atom stereocenters. The Hall–Kier alpha value is -1.06. The number of aliphatic imine (C=N–C) groups is 1. The highest BCUT2D eigenvalue weighted by Crippen LogP contribution is 2.24. The first-order chi connectivity index (χ1) is 12.0. The van der Waals surface area contributed by atoms with Crippen LogP contribution in [0.5, 0.6) is 0 Å². The van der Waals surface area contributed by atoms with Crippen LogP contribution in [-0.2, 0) is 14.3 Å². The van der Waals surface area contributed by atoms with Crippen molar-refractivity contribution in [3.05, 3.63) is 0 Å². The summed E-state index contributed by atoms with van der Waals surface area (Å²) in [7, 11) is 3.16. The maximum atomic E-state index is 12.4. The molecule has 0 aliphatic carbocycles. The van der Waals surface area contributed by atoms with Gasteiger partial charge in [0.25, 0.3) is 0 Å². The first-order valence-corrected chi connectivity index (χ1v) is 9.30. The summed E-state index contributed by atoms with van der Waals surface area (Å²) in [5.74, 6) is 0.885. The summed E-state index contributed by atoms with van der Waals surface area (Å²) in [6.07, 6.45) is 3.88. The van der Waals surface area contributed by atoms with E-state index in [-0.39, 0.29) is 47.7 Å². The van der Waals surface area contributed by atoms with Crippen molar-refractivity contribution in [2.24, 2.45) is 16.8 Å². The molecule has 150 valence electrons. The van der Waals surface area contributed by atoms with Gasteiger partial charge >= 0.3 is 5.97 Å². The van der Waals surface area contributed by atoms with Crippen LogP contribution in [0, 0.1) is 11.8 Å². The van der Waals surface area contributed by atoms with Gasteiger partial charge in [0, 0.05) is 45.7 Å². The van der Waals surface area contributed by atoms with Gasteiger partial charge in [0.05, 0.1) is 13.0 Å². The molecule has 0 spiro atoms. The zero-order valence-corrected chi connectivity index (χ0v) is 18.7.